The number of pyridine rings is 1. The molecule has 0 atom stereocenters. The Morgan fingerprint density at radius 2 is 2.12 bits per heavy atom. The summed E-state index contributed by atoms with van der Waals surface area (Å²) in [6.45, 7) is 5.45. The van der Waals surface area contributed by atoms with Crippen molar-refractivity contribution in [3.63, 3.8) is 0 Å². The summed E-state index contributed by atoms with van der Waals surface area (Å²) in [6.07, 6.45) is 2.00. The zero-order valence-corrected chi connectivity index (χ0v) is 10.2. The molecule has 0 unspecified atom stereocenters. The predicted molar refractivity (Wildman–Crippen MR) is 68.5 cm³/mol. The van der Waals surface area contributed by atoms with E-state index >= 15 is 0 Å². The van der Waals surface area contributed by atoms with Gasteiger partial charge in [-0.05, 0) is 19.4 Å². The molecule has 94 valence electrons. The number of unbranched alkanes of at least 4 members (excludes halogenated alkanes) is 1. The minimum Gasteiger partial charge on any atom is -0.370 e. The van der Waals surface area contributed by atoms with E-state index in [-0.39, 0.29) is 5.69 Å². The zero-order chi connectivity index (χ0) is 12.7. The molecule has 0 radical (unpaired) electrons. The highest BCUT2D eigenvalue weighted by molar-refractivity contribution is 5.60. The van der Waals surface area contributed by atoms with E-state index in [4.69, 9.17) is 0 Å². The Morgan fingerprint density at radius 1 is 1.35 bits per heavy atom. The molecule has 1 aromatic heterocycles. The molecule has 0 spiro atoms. The smallest absolute Gasteiger partial charge is 0.311 e. The minimum atomic E-state index is -0.420. The topological polar surface area (TPSA) is 80.1 Å². The fraction of sp³-hybridized carbons (Fsp3) is 0.545. The van der Waals surface area contributed by atoms with Crippen molar-refractivity contribution in [3.8, 4) is 0 Å². The van der Waals surface area contributed by atoms with Crippen LogP contribution < -0.4 is 10.6 Å². The van der Waals surface area contributed by atoms with E-state index in [2.05, 4.69) is 22.5 Å². The van der Waals surface area contributed by atoms with Gasteiger partial charge in [0.25, 0.3) is 0 Å². The molecule has 0 aliphatic heterocycles. The van der Waals surface area contributed by atoms with Gasteiger partial charge >= 0.3 is 5.69 Å². The molecule has 6 nitrogen and oxygen atoms in total. The number of hydrogen-bond acceptors (Lipinski definition) is 5. The molecule has 0 aliphatic rings. The standard InChI is InChI=1S/C11H18N4O2/c1-3-5-8-13-11-9(15(16)17)6-7-10(14-11)12-4-2/h6-7H,3-5,8H2,1-2H3,(H2,12,13,14). The van der Waals surface area contributed by atoms with Crippen LogP contribution in [0.5, 0.6) is 0 Å². The summed E-state index contributed by atoms with van der Waals surface area (Å²) in [5, 5.41) is 16.9. The van der Waals surface area contributed by atoms with Gasteiger partial charge in [0.2, 0.25) is 5.82 Å². The second-order valence-electron chi connectivity index (χ2n) is 3.63. The third kappa shape index (κ3) is 3.90. The Balaban J connectivity index is 2.86. The van der Waals surface area contributed by atoms with Crippen molar-refractivity contribution in [2.75, 3.05) is 23.7 Å². The minimum absolute atomic E-state index is 0.0164. The van der Waals surface area contributed by atoms with Crippen LogP contribution in [0, 0.1) is 10.1 Å². The van der Waals surface area contributed by atoms with Gasteiger partial charge in [-0.25, -0.2) is 4.98 Å². The number of aromatic nitrogens is 1. The van der Waals surface area contributed by atoms with Crippen molar-refractivity contribution < 1.29 is 4.92 Å². The van der Waals surface area contributed by atoms with Crippen molar-refractivity contribution in [3.05, 3.63) is 22.2 Å². The monoisotopic (exact) mass is 238 g/mol. The summed E-state index contributed by atoms with van der Waals surface area (Å²) in [5.41, 5.74) is 0.0164. The Kier molecular flexibility index (Phi) is 5.19. The number of nitrogens with one attached hydrogen (secondary N) is 2. The van der Waals surface area contributed by atoms with Crippen molar-refractivity contribution >= 4 is 17.3 Å². The van der Waals surface area contributed by atoms with Crippen LogP contribution in [-0.2, 0) is 0 Å². The molecule has 6 heteroatoms. The quantitative estimate of drug-likeness (QED) is 0.433. The lowest BCUT2D eigenvalue weighted by atomic mass is 10.3. The van der Waals surface area contributed by atoms with E-state index in [9.17, 15) is 10.1 Å². The highest BCUT2D eigenvalue weighted by Crippen LogP contribution is 2.23. The molecular weight excluding hydrogens is 220 g/mol. The number of anilines is 2. The van der Waals surface area contributed by atoms with Gasteiger partial charge in [-0.3, -0.25) is 10.1 Å². The van der Waals surface area contributed by atoms with Crippen LogP contribution in [0.25, 0.3) is 0 Å². The second kappa shape index (κ2) is 6.67. The molecule has 17 heavy (non-hydrogen) atoms. The maximum absolute atomic E-state index is 10.8. The molecule has 0 saturated heterocycles. The van der Waals surface area contributed by atoms with E-state index in [0.717, 1.165) is 19.4 Å². The van der Waals surface area contributed by atoms with Gasteiger partial charge in [-0.2, -0.15) is 0 Å². The van der Waals surface area contributed by atoms with Gasteiger partial charge in [0.15, 0.2) is 0 Å². The third-order valence-electron chi connectivity index (χ3n) is 2.25. The molecule has 0 fully saturated rings. The summed E-state index contributed by atoms with van der Waals surface area (Å²) in [7, 11) is 0. The molecule has 0 saturated carbocycles. The van der Waals surface area contributed by atoms with Gasteiger partial charge in [0, 0.05) is 19.2 Å². The number of nitrogens with zero attached hydrogens (tertiary/aromatic N) is 2. The van der Waals surface area contributed by atoms with E-state index in [1.54, 1.807) is 6.07 Å². The van der Waals surface area contributed by atoms with Crippen molar-refractivity contribution in [2.24, 2.45) is 0 Å². The maximum Gasteiger partial charge on any atom is 0.311 e. The normalized spacial score (nSPS) is 10.0. The summed E-state index contributed by atoms with van der Waals surface area (Å²) in [6, 6.07) is 3.09. The van der Waals surface area contributed by atoms with Crippen molar-refractivity contribution in [1.29, 1.82) is 0 Å². The Labute approximate surface area is 101 Å². The van der Waals surface area contributed by atoms with E-state index in [1.807, 2.05) is 6.92 Å². The highest BCUT2D eigenvalue weighted by Gasteiger charge is 2.15. The second-order valence-corrected chi connectivity index (χ2v) is 3.63. The first-order valence-corrected chi connectivity index (χ1v) is 5.82. The molecular formula is C11H18N4O2. The van der Waals surface area contributed by atoms with Gasteiger partial charge < -0.3 is 10.6 Å². The van der Waals surface area contributed by atoms with E-state index in [1.165, 1.54) is 6.07 Å². The molecule has 0 aliphatic carbocycles. The first kappa shape index (κ1) is 13.2. The maximum atomic E-state index is 10.8. The molecule has 1 rings (SSSR count). The summed E-state index contributed by atoms with van der Waals surface area (Å²) in [4.78, 5) is 14.6. The fourth-order valence-electron chi connectivity index (χ4n) is 1.39. The van der Waals surface area contributed by atoms with Crippen molar-refractivity contribution in [2.45, 2.75) is 26.7 Å². The summed E-state index contributed by atoms with van der Waals surface area (Å²) < 4.78 is 0. The molecule has 0 bridgehead atoms. The Hall–Kier alpha value is -1.85. The van der Waals surface area contributed by atoms with Crippen LogP contribution in [0.15, 0.2) is 12.1 Å². The Morgan fingerprint density at radius 3 is 2.71 bits per heavy atom. The van der Waals surface area contributed by atoms with Gasteiger partial charge in [0.1, 0.15) is 5.82 Å². The number of hydrogen-bond donors (Lipinski definition) is 2. The van der Waals surface area contributed by atoms with Crippen LogP contribution in [0.3, 0.4) is 0 Å². The molecule has 1 heterocycles. The van der Waals surface area contributed by atoms with Gasteiger partial charge in [-0.15, -0.1) is 0 Å². The third-order valence-corrected chi connectivity index (χ3v) is 2.25. The molecule has 0 aromatic carbocycles. The Bertz CT molecular complexity index is 382. The lowest BCUT2D eigenvalue weighted by molar-refractivity contribution is -0.384. The zero-order valence-electron chi connectivity index (χ0n) is 10.2. The van der Waals surface area contributed by atoms with Gasteiger partial charge in [0.05, 0.1) is 4.92 Å². The highest BCUT2D eigenvalue weighted by atomic mass is 16.6. The number of nitro groups is 1. The fourth-order valence-corrected chi connectivity index (χ4v) is 1.39. The SMILES string of the molecule is CCCCNc1nc(NCC)ccc1[N+](=O)[O-]. The van der Waals surface area contributed by atoms with Crippen LogP contribution in [-0.4, -0.2) is 23.0 Å². The average molecular weight is 238 g/mol. The average Bonchev–Trinajstić information content (AvgIpc) is 2.30. The predicted octanol–water partition coefficient (Wildman–Crippen LogP) is 2.63. The first-order chi connectivity index (χ1) is 8.19. The van der Waals surface area contributed by atoms with Gasteiger partial charge in [-0.1, -0.05) is 13.3 Å². The number of rotatable bonds is 7. The van der Waals surface area contributed by atoms with Crippen molar-refractivity contribution in [1.82, 2.24) is 4.98 Å². The summed E-state index contributed by atoms with van der Waals surface area (Å²) >= 11 is 0. The van der Waals surface area contributed by atoms with E-state index in [0.29, 0.717) is 18.2 Å². The lowest BCUT2D eigenvalue weighted by Gasteiger charge is -2.08. The van der Waals surface area contributed by atoms with Crippen LogP contribution in [0.2, 0.25) is 0 Å². The molecule has 2 N–H and O–H groups in total. The first-order valence-electron chi connectivity index (χ1n) is 5.82. The van der Waals surface area contributed by atoms with E-state index < -0.39 is 4.92 Å². The lowest BCUT2D eigenvalue weighted by Crippen LogP contribution is -2.08. The van der Waals surface area contributed by atoms with Crippen LogP contribution in [0.1, 0.15) is 26.7 Å². The molecule has 1 aromatic rings. The van der Waals surface area contributed by atoms with Crippen LogP contribution in [0.4, 0.5) is 17.3 Å². The van der Waals surface area contributed by atoms with Crippen LogP contribution >= 0.6 is 0 Å². The summed E-state index contributed by atoms with van der Waals surface area (Å²) in [5.74, 6) is 0.985. The largest absolute Gasteiger partial charge is 0.370 e. The molecule has 0 amide bonds.